The van der Waals surface area contributed by atoms with E-state index >= 15 is 0 Å². The van der Waals surface area contributed by atoms with Gasteiger partial charge in [0.05, 0.1) is 33.1 Å². The third-order valence-corrected chi connectivity index (χ3v) is 3.67. The summed E-state index contributed by atoms with van der Waals surface area (Å²) in [5.74, 6) is 1.67. The summed E-state index contributed by atoms with van der Waals surface area (Å²) in [5.41, 5.74) is 8.92. The normalized spacial score (nSPS) is 10.8. The molecule has 2 aromatic carbocycles. The van der Waals surface area contributed by atoms with E-state index in [0.717, 1.165) is 11.1 Å². The summed E-state index contributed by atoms with van der Waals surface area (Å²) >= 11 is 0. The number of methoxy groups -OCH3 is 2. The van der Waals surface area contributed by atoms with Crippen LogP contribution in [0.2, 0.25) is 0 Å². The Balaban J connectivity index is 0.00000338. The van der Waals surface area contributed by atoms with Gasteiger partial charge >= 0.3 is 0 Å². The van der Waals surface area contributed by atoms with Crippen LogP contribution in [0.3, 0.4) is 0 Å². The second kappa shape index (κ2) is 11.6. The first kappa shape index (κ1) is 22.0. The van der Waals surface area contributed by atoms with Gasteiger partial charge in [0.25, 0.3) is 0 Å². The molecular formula is C19H26IN3O3. The molecule has 6 nitrogen and oxygen atoms in total. The summed E-state index contributed by atoms with van der Waals surface area (Å²) in [4.78, 5) is 4.42. The first-order valence-corrected chi connectivity index (χ1v) is 8.11. The zero-order valence-corrected chi connectivity index (χ0v) is 17.7. The molecule has 0 saturated heterocycles. The number of anilines is 1. The fourth-order valence-corrected chi connectivity index (χ4v) is 2.32. The Morgan fingerprint density at radius 1 is 1.08 bits per heavy atom. The number of rotatable bonds is 8. The largest absolute Gasteiger partial charge is 0.497 e. The molecule has 2 aromatic rings. The average Bonchev–Trinajstić information content (AvgIpc) is 2.65. The van der Waals surface area contributed by atoms with Crippen LogP contribution in [0.25, 0.3) is 0 Å². The van der Waals surface area contributed by atoms with Crippen molar-refractivity contribution >= 4 is 35.6 Å². The van der Waals surface area contributed by atoms with Crippen molar-refractivity contribution in [3.05, 3.63) is 53.6 Å². The van der Waals surface area contributed by atoms with Gasteiger partial charge in [0, 0.05) is 12.7 Å². The van der Waals surface area contributed by atoms with E-state index in [-0.39, 0.29) is 24.0 Å². The predicted octanol–water partition coefficient (Wildman–Crippen LogP) is 3.79. The summed E-state index contributed by atoms with van der Waals surface area (Å²) in [6.07, 6.45) is 0. The predicted molar refractivity (Wildman–Crippen MR) is 116 cm³/mol. The average molecular weight is 471 g/mol. The molecule has 7 heteroatoms. The lowest BCUT2D eigenvalue weighted by molar-refractivity contribution is 0.133. The highest BCUT2D eigenvalue weighted by molar-refractivity contribution is 14.0. The maximum atomic E-state index is 6.03. The van der Waals surface area contributed by atoms with Gasteiger partial charge in [-0.25, -0.2) is 4.99 Å². The molecule has 0 aliphatic rings. The van der Waals surface area contributed by atoms with Gasteiger partial charge in [0.1, 0.15) is 11.5 Å². The van der Waals surface area contributed by atoms with Crippen molar-refractivity contribution in [3.8, 4) is 11.5 Å². The fourth-order valence-electron chi connectivity index (χ4n) is 2.32. The van der Waals surface area contributed by atoms with Gasteiger partial charge in [-0.15, -0.1) is 24.0 Å². The molecule has 0 spiro atoms. The minimum Gasteiger partial charge on any atom is -0.497 e. The Kier molecular flexibility index (Phi) is 9.82. The van der Waals surface area contributed by atoms with E-state index in [9.17, 15) is 0 Å². The molecule has 2 rings (SSSR count). The molecule has 0 aliphatic carbocycles. The van der Waals surface area contributed by atoms with Crippen molar-refractivity contribution in [1.82, 2.24) is 0 Å². The molecule has 0 saturated carbocycles. The van der Waals surface area contributed by atoms with E-state index in [0.29, 0.717) is 42.9 Å². The third-order valence-electron chi connectivity index (χ3n) is 3.67. The second-order valence-electron chi connectivity index (χ2n) is 5.30. The van der Waals surface area contributed by atoms with Crippen molar-refractivity contribution in [3.63, 3.8) is 0 Å². The van der Waals surface area contributed by atoms with Crippen molar-refractivity contribution < 1.29 is 14.2 Å². The molecule has 26 heavy (non-hydrogen) atoms. The van der Waals surface area contributed by atoms with E-state index < -0.39 is 0 Å². The number of nitrogens with zero attached hydrogens (tertiary/aromatic N) is 1. The Morgan fingerprint density at radius 2 is 1.81 bits per heavy atom. The summed E-state index contributed by atoms with van der Waals surface area (Å²) in [7, 11) is 3.21. The minimum absolute atomic E-state index is 0. The second-order valence-corrected chi connectivity index (χ2v) is 5.30. The zero-order valence-electron chi connectivity index (χ0n) is 15.3. The quantitative estimate of drug-likeness (QED) is 0.348. The molecule has 0 amide bonds. The number of benzene rings is 2. The summed E-state index contributed by atoms with van der Waals surface area (Å²) < 4.78 is 16.0. The van der Waals surface area contributed by atoms with Crippen LogP contribution in [-0.4, -0.2) is 26.8 Å². The van der Waals surface area contributed by atoms with Gasteiger partial charge in [-0.3, -0.25) is 0 Å². The Hall–Kier alpha value is -2.00. The highest BCUT2D eigenvalue weighted by atomic mass is 127. The molecule has 0 radical (unpaired) electrons. The van der Waals surface area contributed by atoms with Crippen LogP contribution < -0.4 is 20.5 Å². The zero-order chi connectivity index (χ0) is 18.1. The van der Waals surface area contributed by atoms with Gasteiger partial charge in [0.15, 0.2) is 5.96 Å². The monoisotopic (exact) mass is 471 g/mol. The molecule has 0 aliphatic heterocycles. The third kappa shape index (κ3) is 6.38. The van der Waals surface area contributed by atoms with Crippen molar-refractivity contribution in [1.29, 1.82) is 0 Å². The van der Waals surface area contributed by atoms with Crippen LogP contribution in [0.15, 0.2) is 47.5 Å². The first-order valence-electron chi connectivity index (χ1n) is 8.11. The Labute approximate surface area is 171 Å². The fraction of sp³-hybridized carbons (Fsp3) is 0.316. The number of ether oxygens (including phenoxy) is 3. The Morgan fingerprint density at radius 3 is 2.46 bits per heavy atom. The molecule has 0 unspecified atom stereocenters. The lowest BCUT2D eigenvalue weighted by Gasteiger charge is -2.12. The van der Waals surface area contributed by atoms with Crippen molar-refractivity contribution in [2.24, 2.45) is 10.7 Å². The van der Waals surface area contributed by atoms with Gasteiger partial charge in [-0.1, -0.05) is 24.3 Å². The van der Waals surface area contributed by atoms with E-state index in [1.807, 2.05) is 49.4 Å². The number of hydrogen-bond acceptors (Lipinski definition) is 4. The summed E-state index contributed by atoms with van der Waals surface area (Å²) in [5, 5.41) is 3.06. The van der Waals surface area contributed by atoms with Crippen LogP contribution in [0, 0.1) is 0 Å². The van der Waals surface area contributed by atoms with E-state index in [1.165, 1.54) is 0 Å². The van der Waals surface area contributed by atoms with Crippen LogP contribution in [0.5, 0.6) is 11.5 Å². The molecular weight excluding hydrogens is 445 g/mol. The highest BCUT2D eigenvalue weighted by Gasteiger charge is 2.07. The van der Waals surface area contributed by atoms with Crippen molar-refractivity contribution in [2.45, 2.75) is 20.1 Å². The van der Waals surface area contributed by atoms with Crippen LogP contribution >= 0.6 is 24.0 Å². The number of nitrogens with one attached hydrogen (secondary N) is 1. The highest BCUT2D eigenvalue weighted by Crippen LogP contribution is 2.28. The van der Waals surface area contributed by atoms with Gasteiger partial charge in [-0.05, 0) is 30.2 Å². The molecule has 142 valence electrons. The molecule has 3 N–H and O–H groups in total. The van der Waals surface area contributed by atoms with Crippen LogP contribution in [-0.2, 0) is 17.9 Å². The maximum absolute atomic E-state index is 6.03. The molecule has 0 aromatic heterocycles. The number of nitrogens with two attached hydrogens (primary N) is 1. The first-order chi connectivity index (χ1) is 12.2. The standard InChI is InChI=1S/C19H25N3O3.HI/c1-4-25-13-15-8-6-5-7-14(15)12-21-19(20)22-17-11-16(23-2)9-10-18(17)24-3;/h5-11H,4,12-13H2,1-3H3,(H3,20,21,22);1H. The maximum Gasteiger partial charge on any atom is 0.193 e. The Bertz CT molecular complexity index is 723. The molecule has 0 fully saturated rings. The SMILES string of the molecule is CCOCc1ccccc1CN=C(N)Nc1cc(OC)ccc1OC.I. The molecule has 0 bridgehead atoms. The summed E-state index contributed by atoms with van der Waals surface area (Å²) in [6, 6.07) is 13.5. The van der Waals surface area contributed by atoms with E-state index in [4.69, 9.17) is 19.9 Å². The number of hydrogen-bond donors (Lipinski definition) is 2. The lowest BCUT2D eigenvalue weighted by Crippen LogP contribution is -2.23. The van der Waals surface area contributed by atoms with Gasteiger partial charge in [-0.2, -0.15) is 0 Å². The number of aliphatic imine (C=N–C) groups is 1. The smallest absolute Gasteiger partial charge is 0.193 e. The lowest BCUT2D eigenvalue weighted by atomic mass is 10.1. The van der Waals surface area contributed by atoms with Gasteiger partial charge < -0.3 is 25.3 Å². The molecule has 0 heterocycles. The summed E-state index contributed by atoms with van der Waals surface area (Å²) in [6.45, 7) is 3.69. The minimum atomic E-state index is 0. The number of guanidine groups is 1. The van der Waals surface area contributed by atoms with Crippen molar-refractivity contribution in [2.75, 3.05) is 26.1 Å². The van der Waals surface area contributed by atoms with Crippen LogP contribution in [0.1, 0.15) is 18.1 Å². The van der Waals surface area contributed by atoms with E-state index in [2.05, 4.69) is 10.3 Å². The van der Waals surface area contributed by atoms with E-state index in [1.54, 1.807) is 14.2 Å². The molecule has 0 atom stereocenters. The van der Waals surface area contributed by atoms with Gasteiger partial charge in [0.2, 0.25) is 0 Å². The van der Waals surface area contributed by atoms with Crippen LogP contribution in [0.4, 0.5) is 5.69 Å². The number of halogens is 1. The topological polar surface area (TPSA) is 78.1 Å².